The molecule has 19 heavy (non-hydrogen) atoms. The maximum atomic E-state index is 11.9. The molecule has 110 valence electrons. The smallest absolute Gasteiger partial charge is 0.242 e. The molecule has 0 radical (unpaired) electrons. The molecule has 1 heterocycles. The molecule has 1 aliphatic heterocycles. The third-order valence-electron chi connectivity index (χ3n) is 2.86. The Morgan fingerprint density at radius 1 is 1.42 bits per heavy atom. The van der Waals surface area contributed by atoms with Crippen molar-refractivity contribution < 1.29 is 13.2 Å². The second-order valence-electron chi connectivity index (χ2n) is 4.43. The third kappa shape index (κ3) is 5.29. The van der Waals surface area contributed by atoms with E-state index in [4.69, 9.17) is 12.2 Å². The normalized spacial score (nSPS) is 20.6. The minimum atomic E-state index is -3.24. The fourth-order valence-corrected chi connectivity index (χ4v) is 2.99. The van der Waals surface area contributed by atoms with Crippen molar-refractivity contribution in [2.24, 2.45) is 5.92 Å². The number of carbonyl (C=O) groups excluding carboxylic acids is 1. The van der Waals surface area contributed by atoms with Gasteiger partial charge in [-0.15, -0.1) is 0 Å². The van der Waals surface area contributed by atoms with Gasteiger partial charge < -0.3 is 5.32 Å². The van der Waals surface area contributed by atoms with E-state index in [1.54, 1.807) is 0 Å². The molecule has 1 atom stereocenters. The molecule has 0 unspecified atom stereocenters. The van der Waals surface area contributed by atoms with Crippen molar-refractivity contribution in [1.82, 2.24) is 20.5 Å². The maximum Gasteiger partial charge on any atom is 0.242 e. The van der Waals surface area contributed by atoms with Gasteiger partial charge in [0.15, 0.2) is 5.11 Å². The lowest BCUT2D eigenvalue weighted by Crippen LogP contribution is -2.51. The number of nitrogens with zero attached hydrogens (tertiary/aromatic N) is 1. The number of amides is 1. The van der Waals surface area contributed by atoms with Crippen LogP contribution in [-0.2, 0) is 14.8 Å². The Labute approximate surface area is 119 Å². The van der Waals surface area contributed by atoms with E-state index in [0.717, 1.165) is 6.26 Å². The third-order valence-corrected chi connectivity index (χ3v) is 4.38. The molecule has 0 aliphatic carbocycles. The fraction of sp³-hybridized carbons (Fsp3) is 0.800. The minimum absolute atomic E-state index is 0.223. The Hall–Kier alpha value is -0.930. The first-order valence-electron chi connectivity index (χ1n) is 6.13. The Bertz CT molecular complexity index is 438. The van der Waals surface area contributed by atoms with Crippen LogP contribution in [0.3, 0.4) is 0 Å². The first kappa shape index (κ1) is 16.1. The van der Waals surface area contributed by atoms with E-state index < -0.39 is 10.0 Å². The zero-order chi connectivity index (χ0) is 14.5. The van der Waals surface area contributed by atoms with Crippen LogP contribution in [0.5, 0.6) is 0 Å². The molecule has 1 amide bonds. The van der Waals surface area contributed by atoms with E-state index in [-0.39, 0.29) is 18.4 Å². The molecule has 1 fully saturated rings. The molecule has 0 spiro atoms. The standard InChI is InChI=1S/C10H20N4O3S2/c1-3-11-10(18)13-12-9(15)8-5-4-6-14(7-8)19(2,16)17/h8H,3-7H2,1-2H3,(H,12,15)(H2,11,13,18)/t8-/m1/s1. The molecule has 1 aliphatic rings. The van der Waals surface area contributed by atoms with Gasteiger partial charge in [0.25, 0.3) is 0 Å². The van der Waals surface area contributed by atoms with Gasteiger partial charge in [-0.3, -0.25) is 15.6 Å². The zero-order valence-electron chi connectivity index (χ0n) is 11.1. The number of carbonyl (C=O) groups is 1. The van der Waals surface area contributed by atoms with Crippen LogP contribution in [0.2, 0.25) is 0 Å². The van der Waals surface area contributed by atoms with Crippen molar-refractivity contribution in [2.75, 3.05) is 25.9 Å². The molecule has 0 aromatic rings. The highest BCUT2D eigenvalue weighted by Gasteiger charge is 2.30. The highest BCUT2D eigenvalue weighted by atomic mass is 32.2. The summed E-state index contributed by atoms with van der Waals surface area (Å²) in [6, 6.07) is 0. The van der Waals surface area contributed by atoms with Gasteiger partial charge in [-0.05, 0) is 32.0 Å². The molecule has 0 bridgehead atoms. The zero-order valence-corrected chi connectivity index (χ0v) is 12.7. The Morgan fingerprint density at radius 2 is 2.11 bits per heavy atom. The quantitative estimate of drug-likeness (QED) is 0.466. The van der Waals surface area contributed by atoms with Crippen LogP contribution in [0, 0.1) is 5.92 Å². The second kappa shape index (κ2) is 7.01. The number of hydrogen-bond donors (Lipinski definition) is 3. The van der Waals surface area contributed by atoms with E-state index in [1.165, 1.54) is 4.31 Å². The Balaban J connectivity index is 2.46. The summed E-state index contributed by atoms with van der Waals surface area (Å²) in [6.07, 6.45) is 2.52. The lowest BCUT2D eigenvalue weighted by molar-refractivity contribution is -0.126. The summed E-state index contributed by atoms with van der Waals surface area (Å²) < 4.78 is 24.2. The first-order valence-corrected chi connectivity index (χ1v) is 8.39. The van der Waals surface area contributed by atoms with E-state index in [0.29, 0.717) is 31.0 Å². The van der Waals surface area contributed by atoms with Crippen LogP contribution in [0.4, 0.5) is 0 Å². The monoisotopic (exact) mass is 308 g/mol. The topological polar surface area (TPSA) is 90.5 Å². The lowest BCUT2D eigenvalue weighted by Gasteiger charge is -2.30. The van der Waals surface area contributed by atoms with Crippen LogP contribution in [-0.4, -0.2) is 49.6 Å². The summed E-state index contributed by atoms with van der Waals surface area (Å²) in [5.74, 6) is -0.589. The van der Waals surface area contributed by atoms with Crippen molar-refractivity contribution >= 4 is 33.3 Å². The molecular weight excluding hydrogens is 288 g/mol. The number of hydrazine groups is 1. The van der Waals surface area contributed by atoms with Crippen LogP contribution < -0.4 is 16.2 Å². The summed E-state index contributed by atoms with van der Waals surface area (Å²) in [4.78, 5) is 11.9. The summed E-state index contributed by atoms with van der Waals surface area (Å²) in [5.41, 5.74) is 5.08. The molecule has 1 rings (SSSR count). The summed E-state index contributed by atoms with van der Waals surface area (Å²) >= 11 is 4.91. The van der Waals surface area contributed by atoms with Crippen molar-refractivity contribution in [3.05, 3.63) is 0 Å². The first-order chi connectivity index (χ1) is 8.84. The molecule has 0 aromatic carbocycles. The summed E-state index contributed by atoms with van der Waals surface area (Å²) in [6.45, 7) is 3.25. The SMILES string of the molecule is CCNC(=S)NNC(=O)[C@@H]1CCCN(S(C)(=O)=O)C1. The van der Waals surface area contributed by atoms with Crippen molar-refractivity contribution in [1.29, 1.82) is 0 Å². The summed E-state index contributed by atoms with van der Waals surface area (Å²) in [5, 5.41) is 3.18. The predicted octanol–water partition coefficient (Wildman–Crippen LogP) is -0.827. The van der Waals surface area contributed by atoms with Gasteiger partial charge in [-0.2, -0.15) is 0 Å². The lowest BCUT2D eigenvalue weighted by atomic mass is 9.99. The average molecular weight is 308 g/mol. The number of nitrogens with one attached hydrogen (secondary N) is 3. The molecule has 9 heteroatoms. The number of sulfonamides is 1. The van der Waals surface area contributed by atoms with Gasteiger partial charge in [0.05, 0.1) is 12.2 Å². The van der Waals surface area contributed by atoms with Gasteiger partial charge in [-0.25, -0.2) is 12.7 Å². The van der Waals surface area contributed by atoms with E-state index in [2.05, 4.69) is 16.2 Å². The van der Waals surface area contributed by atoms with Crippen LogP contribution in [0.1, 0.15) is 19.8 Å². The van der Waals surface area contributed by atoms with Crippen molar-refractivity contribution in [3.8, 4) is 0 Å². The number of hydrogen-bond acceptors (Lipinski definition) is 4. The van der Waals surface area contributed by atoms with Crippen LogP contribution >= 0.6 is 12.2 Å². The van der Waals surface area contributed by atoms with Gasteiger partial charge >= 0.3 is 0 Å². The molecular formula is C10H20N4O3S2. The van der Waals surface area contributed by atoms with Crippen LogP contribution in [0.25, 0.3) is 0 Å². The molecule has 0 aromatic heterocycles. The van der Waals surface area contributed by atoms with E-state index in [9.17, 15) is 13.2 Å². The minimum Gasteiger partial charge on any atom is -0.362 e. The molecule has 1 saturated heterocycles. The predicted molar refractivity (Wildman–Crippen MR) is 76.7 cm³/mol. The molecule has 0 saturated carbocycles. The Kier molecular flexibility index (Phi) is 5.95. The van der Waals surface area contributed by atoms with Gasteiger partial charge in [0.2, 0.25) is 15.9 Å². The molecule has 7 nitrogen and oxygen atoms in total. The summed E-state index contributed by atoms with van der Waals surface area (Å²) in [7, 11) is -3.24. The number of thiocarbonyl (C=S) groups is 1. The maximum absolute atomic E-state index is 11.9. The van der Waals surface area contributed by atoms with Gasteiger partial charge in [-0.1, -0.05) is 0 Å². The van der Waals surface area contributed by atoms with Gasteiger partial charge in [0, 0.05) is 19.6 Å². The van der Waals surface area contributed by atoms with Gasteiger partial charge in [0.1, 0.15) is 0 Å². The molecule has 3 N–H and O–H groups in total. The fourth-order valence-electron chi connectivity index (χ4n) is 1.88. The van der Waals surface area contributed by atoms with E-state index in [1.807, 2.05) is 6.92 Å². The average Bonchev–Trinajstić information content (AvgIpc) is 2.35. The number of piperidine rings is 1. The largest absolute Gasteiger partial charge is 0.362 e. The second-order valence-corrected chi connectivity index (χ2v) is 6.82. The number of rotatable bonds is 3. The van der Waals surface area contributed by atoms with Crippen LogP contribution in [0.15, 0.2) is 0 Å². The highest BCUT2D eigenvalue weighted by molar-refractivity contribution is 7.88. The van der Waals surface area contributed by atoms with Crippen molar-refractivity contribution in [2.45, 2.75) is 19.8 Å². The van der Waals surface area contributed by atoms with E-state index >= 15 is 0 Å². The van der Waals surface area contributed by atoms with Crippen molar-refractivity contribution in [3.63, 3.8) is 0 Å². The Morgan fingerprint density at radius 3 is 2.68 bits per heavy atom. The highest BCUT2D eigenvalue weighted by Crippen LogP contribution is 2.18.